The Morgan fingerprint density at radius 3 is 3.00 bits per heavy atom. The lowest BCUT2D eigenvalue weighted by Crippen LogP contribution is -2.32. The number of nitrogens with one attached hydrogen (secondary N) is 1. The lowest BCUT2D eigenvalue weighted by Gasteiger charge is -2.22. The summed E-state index contributed by atoms with van der Waals surface area (Å²) in [5.74, 6) is 2.63. The molecule has 2 heterocycles. The summed E-state index contributed by atoms with van der Waals surface area (Å²) in [5.41, 5.74) is 3.08. The molecule has 0 bridgehead atoms. The zero-order valence-corrected chi connectivity index (χ0v) is 9.16. The van der Waals surface area contributed by atoms with Crippen molar-refractivity contribution >= 4 is 23.1 Å². The van der Waals surface area contributed by atoms with E-state index in [-0.39, 0.29) is 0 Å². The van der Waals surface area contributed by atoms with Gasteiger partial charge in [0, 0.05) is 18.0 Å². The predicted molar refractivity (Wildman–Crippen MR) is 59.3 cm³/mol. The standard InChI is InChI=1S/C9H14N2S2/c1-3-12-4-2-8(1)10-5-9-6-13-7-11-9/h6-8,10H,1-5H2. The van der Waals surface area contributed by atoms with E-state index in [0.29, 0.717) is 0 Å². The highest BCUT2D eigenvalue weighted by atomic mass is 32.2. The Hall–Kier alpha value is -0.0600. The van der Waals surface area contributed by atoms with Gasteiger partial charge in [0.15, 0.2) is 0 Å². The Morgan fingerprint density at radius 2 is 2.31 bits per heavy atom. The highest BCUT2D eigenvalue weighted by molar-refractivity contribution is 7.99. The first-order valence-electron chi connectivity index (χ1n) is 4.63. The molecule has 0 aliphatic carbocycles. The SMILES string of the molecule is c1nc(CNC2CCSCC2)cs1. The monoisotopic (exact) mass is 214 g/mol. The maximum Gasteiger partial charge on any atom is 0.0795 e. The summed E-state index contributed by atoms with van der Waals surface area (Å²) in [7, 11) is 0. The second-order valence-corrected chi connectivity index (χ2v) is 5.19. The van der Waals surface area contributed by atoms with Crippen molar-refractivity contribution in [2.75, 3.05) is 11.5 Å². The lowest BCUT2D eigenvalue weighted by atomic mass is 10.1. The Labute approximate surface area is 87.1 Å². The van der Waals surface area contributed by atoms with E-state index < -0.39 is 0 Å². The van der Waals surface area contributed by atoms with Crippen LogP contribution in [-0.4, -0.2) is 22.5 Å². The van der Waals surface area contributed by atoms with Gasteiger partial charge in [-0.15, -0.1) is 11.3 Å². The van der Waals surface area contributed by atoms with E-state index in [1.807, 2.05) is 5.51 Å². The molecule has 1 aromatic rings. The van der Waals surface area contributed by atoms with Crippen molar-refractivity contribution in [1.29, 1.82) is 0 Å². The van der Waals surface area contributed by atoms with Crippen LogP contribution in [-0.2, 0) is 6.54 Å². The van der Waals surface area contributed by atoms with Crippen molar-refractivity contribution in [3.63, 3.8) is 0 Å². The van der Waals surface area contributed by atoms with E-state index >= 15 is 0 Å². The van der Waals surface area contributed by atoms with Crippen molar-refractivity contribution in [2.24, 2.45) is 0 Å². The van der Waals surface area contributed by atoms with Crippen molar-refractivity contribution in [3.05, 3.63) is 16.6 Å². The van der Waals surface area contributed by atoms with E-state index in [1.54, 1.807) is 11.3 Å². The second kappa shape index (κ2) is 4.98. The number of rotatable bonds is 3. The fraction of sp³-hybridized carbons (Fsp3) is 0.667. The van der Waals surface area contributed by atoms with Gasteiger partial charge in [-0.1, -0.05) is 0 Å². The Morgan fingerprint density at radius 1 is 1.46 bits per heavy atom. The van der Waals surface area contributed by atoms with Crippen LogP contribution in [0.3, 0.4) is 0 Å². The summed E-state index contributed by atoms with van der Waals surface area (Å²) in [5, 5.41) is 5.67. The van der Waals surface area contributed by atoms with Gasteiger partial charge in [-0.05, 0) is 24.3 Å². The number of nitrogens with zero attached hydrogens (tertiary/aromatic N) is 1. The summed E-state index contributed by atoms with van der Waals surface area (Å²) >= 11 is 3.74. The van der Waals surface area contributed by atoms with Gasteiger partial charge in [0.1, 0.15) is 0 Å². The summed E-state index contributed by atoms with van der Waals surface area (Å²) in [6.45, 7) is 0.943. The van der Waals surface area contributed by atoms with E-state index in [4.69, 9.17) is 0 Å². The van der Waals surface area contributed by atoms with Crippen LogP contribution >= 0.6 is 23.1 Å². The van der Waals surface area contributed by atoms with Crippen LogP contribution in [0.1, 0.15) is 18.5 Å². The van der Waals surface area contributed by atoms with Gasteiger partial charge in [-0.25, -0.2) is 4.98 Å². The normalized spacial score (nSPS) is 19.1. The Kier molecular flexibility index (Phi) is 3.64. The molecule has 0 radical (unpaired) electrons. The van der Waals surface area contributed by atoms with E-state index in [1.165, 1.54) is 30.0 Å². The Balaban J connectivity index is 1.72. The van der Waals surface area contributed by atoms with Crippen LogP contribution in [0.25, 0.3) is 0 Å². The summed E-state index contributed by atoms with van der Waals surface area (Å²) < 4.78 is 0. The number of hydrogen-bond acceptors (Lipinski definition) is 4. The summed E-state index contributed by atoms with van der Waals surface area (Å²) in [6.07, 6.45) is 2.63. The third-order valence-corrected chi connectivity index (χ3v) is 3.96. The maximum absolute atomic E-state index is 4.25. The molecule has 1 saturated heterocycles. The number of thioether (sulfide) groups is 1. The van der Waals surface area contributed by atoms with Crippen molar-refractivity contribution < 1.29 is 0 Å². The molecule has 1 fully saturated rings. The zero-order chi connectivity index (χ0) is 8.93. The molecule has 13 heavy (non-hydrogen) atoms. The molecule has 0 spiro atoms. The zero-order valence-electron chi connectivity index (χ0n) is 7.53. The first-order valence-corrected chi connectivity index (χ1v) is 6.73. The molecule has 0 saturated carbocycles. The fourth-order valence-electron chi connectivity index (χ4n) is 1.48. The van der Waals surface area contributed by atoms with Crippen molar-refractivity contribution in [1.82, 2.24) is 10.3 Å². The van der Waals surface area contributed by atoms with Crippen LogP contribution < -0.4 is 5.32 Å². The molecule has 72 valence electrons. The van der Waals surface area contributed by atoms with Crippen LogP contribution in [0.2, 0.25) is 0 Å². The van der Waals surface area contributed by atoms with E-state index in [9.17, 15) is 0 Å². The molecular formula is C9H14N2S2. The third-order valence-electron chi connectivity index (χ3n) is 2.28. The molecule has 0 unspecified atom stereocenters. The average molecular weight is 214 g/mol. The molecule has 1 aliphatic rings. The predicted octanol–water partition coefficient (Wildman–Crippen LogP) is 2.13. The molecule has 0 amide bonds. The Bertz CT molecular complexity index is 230. The number of hydrogen-bond donors (Lipinski definition) is 1. The minimum Gasteiger partial charge on any atom is -0.308 e. The minimum atomic E-state index is 0.725. The smallest absolute Gasteiger partial charge is 0.0795 e. The fourth-order valence-corrected chi connectivity index (χ4v) is 3.14. The van der Waals surface area contributed by atoms with Crippen molar-refractivity contribution in [2.45, 2.75) is 25.4 Å². The molecule has 1 aliphatic heterocycles. The third kappa shape index (κ3) is 2.97. The van der Waals surface area contributed by atoms with Gasteiger partial charge in [0.05, 0.1) is 11.2 Å². The topological polar surface area (TPSA) is 24.9 Å². The highest BCUT2D eigenvalue weighted by Crippen LogP contribution is 2.17. The molecule has 1 aromatic heterocycles. The van der Waals surface area contributed by atoms with Gasteiger partial charge in [-0.3, -0.25) is 0 Å². The number of aromatic nitrogens is 1. The van der Waals surface area contributed by atoms with Gasteiger partial charge in [0.25, 0.3) is 0 Å². The van der Waals surface area contributed by atoms with Gasteiger partial charge >= 0.3 is 0 Å². The van der Waals surface area contributed by atoms with Crippen LogP contribution in [0.4, 0.5) is 0 Å². The van der Waals surface area contributed by atoms with Gasteiger partial charge < -0.3 is 5.32 Å². The van der Waals surface area contributed by atoms with E-state index in [0.717, 1.165) is 12.6 Å². The largest absolute Gasteiger partial charge is 0.308 e. The van der Waals surface area contributed by atoms with Gasteiger partial charge in [0.2, 0.25) is 0 Å². The van der Waals surface area contributed by atoms with Crippen LogP contribution in [0, 0.1) is 0 Å². The quantitative estimate of drug-likeness (QED) is 0.834. The molecule has 0 atom stereocenters. The molecule has 0 aromatic carbocycles. The molecule has 2 rings (SSSR count). The van der Waals surface area contributed by atoms with Crippen molar-refractivity contribution in [3.8, 4) is 0 Å². The second-order valence-electron chi connectivity index (χ2n) is 3.25. The number of thiazole rings is 1. The molecule has 2 nitrogen and oxygen atoms in total. The first kappa shape index (κ1) is 9.49. The highest BCUT2D eigenvalue weighted by Gasteiger charge is 2.12. The van der Waals surface area contributed by atoms with E-state index in [2.05, 4.69) is 27.4 Å². The van der Waals surface area contributed by atoms with Crippen LogP contribution in [0.15, 0.2) is 10.9 Å². The van der Waals surface area contributed by atoms with Crippen LogP contribution in [0.5, 0.6) is 0 Å². The summed E-state index contributed by atoms with van der Waals surface area (Å²) in [4.78, 5) is 4.25. The molecule has 1 N–H and O–H groups in total. The molecule has 4 heteroatoms. The molecular weight excluding hydrogens is 200 g/mol. The lowest BCUT2D eigenvalue weighted by molar-refractivity contribution is 0.479. The average Bonchev–Trinajstić information content (AvgIpc) is 2.69. The minimum absolute atomic E-state index is 0.725. The maximum atomic E-state index is 4.25. The first-order chi connectivity index (χ1) is 6.45. The van der Waals surface area contributed by atoms with Gasteiger partial charge in [-0.2, -0.15) is 11.8 Å². The summed E-state index contributed by atoms with van der Waals surface area (Å²) in [6, 6.07) is 0.725.